The highest BCUT2D eigenvalue weighted by Gasteiger charge is 2.48. The predicted molar refractivity (Wildman–Crippen MR) is 169 cm³/mol. The summed E-state index contributed by atoms with van der Waals surface area (Å²) in [7, 11) is 0. The Labute approximate surface area is 255 Å². The standard InChI is InChI=1S/C36H44N2O5/c1-5-8-9-24-10-12-27(13-11-24)35-33(36(40)41)29(28-14-15-30-31(20-28)43-17-16-42-30)21-38(35)22-32(39)37-34-25(6-2)18-23(4)19-26(34)7-3/h10-15,18-20,29,33,35H,5-9,16-17,21-22H2,1-4H3,(H,37,39)(H,40,41)/t29-,33?,35+/m1/s1. The number of anilines is 1. The van der Waals surface area contributed by atoms with Crippen LogP contribution in [0.5, 0.6) is 11.5 Å². The number of rotatable bonds is 11. The van der Waals surface area contributed by atoms with Crippen LogP contribution in [-0.2, 0) is 28.9 Å². The van der Waals surface area contributed by atoms with Gasteiger partial charge in [-0.25, -0.2) is 0 Å². The summed E-state index contributed by atoms with van der Waals surface area (Å²) in [6.45, 7) is 9.92. The molecule has 5 rings (SSSR count). The molecule has 0 saturated carbocycles. The Morgan fingerprint density at radius 2 is 1.56 bits per heavy atom. The van der Waals surface area contributed by atoms with E-state index in [4.69, 9.17) is 9.47 Å². The van der Waals surface area contributed by atoms with Crippen LogP contribution in [0.4, 0.5) is 5.69 Å². The lowest BCUT2D eigenvalue weighted by atomic mass is 9.82. The number of aliphatic carboxylic acids is 1. The van der Waals surface area contributed by atoms with Crippen LogP contribution in [0.1, 0.15) is 79.0 Å². The number of hydrogen-bond donors (Lipinski definition) is 2. The van der Waals surface area contributed by atoms with Crippen molar-refractivity contribution < 1.29 is 24.2 Å². The molecule has 0 radical (unpaired) electrons. The number of nitrogens with one attached hydrogen (secondary N) is 1. The molecule has 2 heterocycles. The third-order valence-electron chi connectivity index (χ3n) is 8.84. The summed E-state index contributed by atoms with van der Waals surface area (Å²) in [4.78, 5) is 28.8. The minimum atomic E-state index is -0.872. The Hall–Kier alpha value is -3.84. The number of carboxylic acids is 1. The first-order valence-corrected chi connectivity index (χ1v) is 15.7. The van der Waals surface area contributed by atoms with Gasteiger partial charge < -0.3 is 19.9 Å². The Balaban J connectivity index is 1.48. The molecule has 1 amide bonds. The van der Waals surface area contributed by atoms with E-state index in [9.17, 15) is 14.7 Å². The van der Waals surface area contributed by atoms with E-state index in [1.165, 1.54) is 11.1 Å². The number of aryl methyl sites for hydroxylation is 4. The van der Waals surface area contributed by atoms with Gasteiger partial charge in [-0.1, -0.05) is 75.2 Å². The third-order valence-corrected chi connectivity index (χ3v) is 8.84. The van der Waals surface area contributed by atoms with Crippen LogP contribution in [0.25, 0.3) is 0 Å². The van der Waals surface area contributed by atoms with Crippen LogP contribution >= 0.6 is 0 Å². The lowest BCUT2D eigenvalue weighted by Gasteiger charge is -2.27. The SMILES string of the molecule is CCCCc1ccc([C@H]2C(C(=O)O)[C@@H](c3ccc4c(c3)OCCO4)CN2CC(=O)Nc2c(CC)cc(C)cc2CC)cc1. The second kappa shape index (κ2) is 13.6. The Morgan fingerprint density at radius 1 is 0.907 bits per heavy atom. The summed E-state index contributed by atoms with van der Waals surface area (Å²) in [5.41, 5.74) is 7.33. The molecule has 228 valence electrons. The maximum atomic E-state index is 13.7. The topological polar surface area (TPSA) is 88.1 Å². The molecule has 2 N–H and O–H groups in total. The fourth-order valence-corrected chi connectivity index (χ4v) is 6.70. The monoisotopic (exact) mass is 584 g/mol. The molecule has 3 aromatic carbocycles. The molecule has 0 spiro atoms. The predicted octanol–water partition coefficient (Wildman–Crippen LogP) is 6.71. The summed E-state index contributed by atoms with van der Waals surface area (Å²) in [5.74, 6) is -0.768. The van der Waals surface area contributed by atoms with Gasteiger partial charge in [-0.3, -0.25) is 14.5 Å². The molecular formula is C36H44N2O5. The minimum absolute atomic E-state index is 0.0905. The molecule has 2 aliphatic heterocycles. The van der Waals surface area contributed by atoms with E-state index < -0.39 is 17.9 Å². The number of carboxylic acid groups (broad SMARTS) is 1. The van der Waals surface area contributed by atoms with Gasteiger partial charge in [0.25, 0.3) is 0 Å². The van der Waals surface area contributed by atoms with Crippen LogP contribution in [0, 0.1) is 12.8 Å². The maximum Gasteiger partial charge on any atom is 0.309 e. The molecule has 7 nitrogen and oxygen atoms in total. The first kappa shape index (κ1) is 30.6. The van der Waals surface area contributed by atoms with Crippen molar-refractivity contribution in [1.82, 2.24) is 4.90 Å². The van der Waals surface area contributed by atoms with E-state index in [-0.39, 0.29) is 18.4 Å². The van der Waals surface area contributed by atoms with Crippen LogP contribution < -0.4 is 14.8 Å². The highest BCUT2D eigenvalue weighted by Crippen LogP contribution is 2.47. The van der Waals surface area contributed by atoms with E-state index in [2.05, 4.69) is 57.3 Å². The van der Waals surface area contributed by atoms with E-state index in [0.29, 0.717) is 31.3 Å². The van der Waals surface area contributed by atoms with Gasteiger partial charge in [-0.15, -0.1) is 0 Å². The zero-order chi connectivity index (χ0) is 30.5. The molecule has 0 bridgehead atoms. The number of likely N-dealkylation sites (tertiary alicyclic amines) is 1. The molecule has 3 aromatic rings. The molecular weight excluding hydrogens is 540 g/mol. The Kier molecular flexibility index (Phi) is 9.71. The van der Waals surface area contributed by atoms with Gasteiger partial charge in [0.1, 0.15) is 13.2 Å². The molecule has 1 saturated heterocycles. The first-order chi connectivity index (χ1) is 20.8. The third kappa shape index (κ3) is 6.72. The highest BCUT2D eigenvalue weighted by atomic mass is 16.6. The molecule has 2 aliphatic rings. The van der Waals surface area contributed by atoms with Gasteiger partial charge in [-0.05, 0) is 72.6 Å². The molecule has 1 fully saturated rings. The number of amides is 1. The lowest BCUT2D eigenvalue weighted by Crippen LogP contribution is -2.35. The Bertz CT molecular complexity index is 1430. The zero-order valence-corrected chi connectivity index (χ0v) is 25.8. The number of hydrogen-bond acceptors (Lipinski definition) is 5. The van der Waals surface area contributed by atoms with Gasteiger partial charge in [0, 0.05) is 24.2 Å². The highest BCUT2D eigenvalue weighted by molar-refractivity contribution is 5.94. The van der Waals surface area contributed by atoms with Crippen molar-refractivity contribution in [2.75, 3.05) is 31.6 Å². The average Bonchev–Trinajstić information content (AvgIpc) is 3.39. The fraction of sp³-hybridized carbons (Fsp3) is 0.444. The van der Waals surface area contributed by atoms with E-state index in [0.717, 1.165) is 60.0 Å². The van der Waals surface area contributed by atoms with Crippen molar-refractivity contribution >= 4 is 17.6 Å². The van der Waals surface area contributed by atoms with Crippen molar-refractivity contribution in [3.63, 3.8) is 0 Å². The summed E-state index contributed by atoms with van der Waals surface area (Å²) in [6.07, 6.45) is 4.85. The van der Waals surface area contributed by atoms with Crippen molar-refractivity contribution in [3.05, 3.63) is 88.0 Å². The van der Waals surface area contributed by atoms with Crippen molar-refractivity contribution in [2.24, 2.45) is 5.92 Å². The number of ether oxygens (including phenoxy) is 2. The number of unbranched alkanes of at least 4 members (excludes halogenated alkanes) is 1. The van der Waals surface area contributed by atoms with Crippen LogP contribution in [-0.4, -0.2) is 48.2 Å². The molecule has 7 heteroatoms. The number of carbonyl (C=O) groups is 2. The molecule has 3 atom stereocenters. The quantitative estimate of drug-likeness (QED) is 0.260. The van der Waals surface area contributed by atoms with E-state index >= 15 is 0 Å². The summed E-state index contributed by atoms with van der Waals surface area (Å²) in [5, 5.41) is 13.9. The van der Waals surface area contributed by atoms with Gasteiger partial charge in [0.15, 0.2) is 11.5 Å². The normalized spacial score (nSPS) is 19.8. The van der Waals surface area contributed by atoms with Gasteiger partial charge in [0.05, 0.1) is 12.5 Å². The number of nitrogens with zero attached hydrogens (tertiary/aromatic N) is 1. The van der Waals surface area contributed by atoms with Crippen molar-refractivity contribution in [3.8, 4) is 11.5 Å². The maximum absolute atomic E-state index is 13.7. The average molecular weight is 585 g/mol. The second-order valence-corrected chi connectivity index (χ2v) is 11.8. The van der Waals surface area contributed by atoms with Crippen LogP contribution in [0.2, 0.25) is 0 Å². The van der Waals surface area contributed by atoms with Gasteiger partial charge in [-0.2, -0.15) is 0 Å². The van der Waals surface area contributed by atoms with Crippen molar-refractivity contribution in [1.29, 1.82) is 0 Å². The van der Waals surface area contributed by atoms with E-state index in [1.54, 1.807) is 0 Å². The summed E-state index contributed by atoms with van der Waals surface area (Å²) < 4.78 is 11.6. The second-order valence-electron chi connectivity index (χ2n) is 11.8. The minimum Gasteiger partial charge on any atom is -0.486 e. The largest absolute Gasteiger partial charge is 0.486 e. The summed E-state index contributed by atoms with van der Waals surface area (Å²) >= 11 is 0. The number of carbonyl (C=O) groups excluding carboxylic acids is 1. The smallest absolute Gasteiger partial charge is 0.309 e. The van der Waals surface area contributed by atoms with Crippen molar-refractivity contribution in [2.45, 2.75) is 71.8 Å². The molecule has 0 aromatic heterocycles. The van der Waals surface area contributed by atoms with Gasteiger partial charge in [0.2, 0.25) is 5.91 Å². The van der Waals surface area contributed by atoms with E-state index in [1.807, 2.05) is 35.2 Å². The van der Waals surface area contributed by atoms with Crippen LogP contribution in [0.3, 0.4) is 0 Å². The fourth-order valence-electron chi connectivity index (χ4n) is 6.70. The number of fused-ring (bicyclic) bond motifs is 1. The van der Waals surface area contributed by atoms with Gasteiger partial charge >= 0.3 is 5.97 Å². The lowest BCUT2D eigenvalue weighted by molar-refractivity contribution is -0.143. The molecule has 43 heavy (non-hydrogen) atoms. The summed E-state index contributed by atoms with van der Waals surface area (Å²) in [6, 6.07) is 17.8. The van der Waals surface area contributed by atoms with Crippen LogP contribution in [0.15, 0.2) is 54.6 Å². The molecule has 0 aliphatic carbocycles. The Morgan fingerprint density at radius 3 is 2.19 bits per heavy atom. The first-order valence-electron chi connectivity index (χ1n) is 15.7. The molecule has 1 unspecified atom stereocenters. The number of benzene rings is 3. The zero-order valence-electron chi connectivity index (χ0n) is 25.8.